The van der Waals surface area contributed by atoms with Gasteiger partial charge in [-0.1, -0.05) is 68.2 Å². The Morgan fingerprint density at radius 1 is 0.807 bits per heavy atom. The van der Waals surface area contributed by atoms with Gasteiger partial charge in [-0.2, -0.15) is 0 Å². The lowest BCUT2D eigenvalue weighted by molar-refractivity contribution is -0.136. The number of methoxy groups -OCH3 is 1. The molecule has 3 amide bonds. The van der Waals surface area contributed by atoms with Crippen LogP contribution < -0.4 is 5.32 Å². The van der Waals surface area contributed by atoms with Crippen LogP contribution in [0.2, 0.25) is 0 Å². The number of nitrogens with one attached hydrogen (secondary N) is 3. The Labute approximate surface area is 329 Å². The van der Waals surface area contributed by atoms with Crippen molar-refractivity contribution in [1.29, 1.82) is 0 Å². The number of carbonyl (C=O) groups excluding carboxylic acids is 3. The molecule has 4 fully saturated rings. The van der Waals surface area contributed by atoms with E-state index in [1.54, 1.807) is 0 Å². The first-order valence-electron chi connectivity index (χ1n) is 19.8. The maximum Gasteiger partial charge on any atom is 0.410 e. The summed E-state index contributed by atoms with van der Waals surface area (Å²) < 4.78 is 10.6. The van der Waals surface area contributed by atoms with Gasteiger partial charge in [0.2, 0.25) is 5.91 Å². The number of rotatable bonds is 7. The van der Waals surface area contributed by atoms with Crippen LogP contribution in [0.5, 0.6) is 0 Å². The molecule has 0 spiro atoms. The molecule has 2 saturated carbocycles. The lowest BCUT2D eigenvalue weighted by Gasteiger charge is -2.31. The lowest BCUT2D eigenvalue weighted by atomic mass is 10.0. The summed E-state index contributed by atoms with van der Waals surface area (Å²) in [5.41, 5.74) is 6.17. The van der Waals surface area contributed by atoms with E-state index in [1.165, 1.54) is 7.11 Å². The summed E-state index contributed by atoms with van der Waals surface area (Å²) in [6, 6.07) is 25.3. The lowest BCUT2D eigenvalue weighted by Crippen LogP contribution is -2.52. The maximum atomic E-state index is 13.8. The highest BCUT2D eigenvalue weighted by Crippen LogP contribution is 2.54. The molecule has 2 aliphatic heterocycles. The predicted molar refractivity (Wildman–Crippen MR) is 214 cm³/mol. The molecule has 12 heteroatoms. The van der Waals surface area contributed by atoms with Gasteiger partial charge in [0.25, 0.3) is 0 Å². The number of fused-ring (bicyclic) bond motifs is 6. The number of carbonyl (C=O) groups is 3. The summed E-state index contributed by atoms with van der Waals surface area (Å²) in [6.07, 6.45) is 2.80. The highest BCUT2D eigenvalue weighted by atomic mass is 16.6. The Morgan fingerprint density at radius 3 is 2.25 bits per heavy atom. The fraction of sp³-hybridized carbons (Fsp3) is 0.356. The van der Waals surface area contributed by atoms with Crippen LogP contribution in [0, 0.1) is 29.6 Å². The summed E-state index contributed by atoms with van der Waals surface area (Å²) in [5.74, 6) is 8.93. The van der Waals surface area contributed by atoms with Crippen LogP contribution in [0.3, 0.4) is 0 Å². The minimum Gasteiger partial charge on any atom is -0.453 e. The first kappa shape index (κ1) is 35.1. The van der Waals surface area contributed by atoms with E-state index in [0.29, 0.717) is 11.8 Å². The topological polar surface area (TPSA) is 146 Å². The second-order valence-electron chi connectivity index (χ2n) is 16.3. The number of aromatic amines is 2. The zero-order valence-corrected chi connectivity index (χ0v) is 32.0. The van der Waals surface area contributed by atoms with Crippen molar-refractivity contribution >= 4 is 50.9 Å². The number of alkyl carbamates (subject to hydrolysis) is 1. The van der Waals surface area contributed by atoms with E-state index in [1.807, 2.05) is 84.3 Å². The minimum absolute atomic E-state index is 0.100. The molecule has 2 aliphatic carbocycles. The molecule has 57 heavy (non-hydrogen) atoms. The van der Waals surface area contributed by atoms with Crippen LogP contribution in [0.1, 0.15) is 80.0 Å². The molecule has 3 N–H and O–H groups in total. The molecule has 2 aromatic heterocycles. The Bertz CT molecular complexity index is 2640. The first-order valence-corrected chi connectivity index (χ1v) is 19.8. The van der Waals surface area contributed by atoms with Gasteiger partial charge in [-0.15, -0.1) is 0 Å². The summed E-state index contributed by atoms with van der Waals surface area (Å²) in [7, 11) is 1.30. The van der Waals surface area contributed by atoms with E-state index in [-0.39, 0.29) is 48.7 Å². The van der Waals surface area contributed by atoms with Gasteiger partial charge in [0.15, 0.2) is 0 Å². The van der Waals surface area contributed by atoms with Gasteiger partial charge in [-0.25, -0.2) is 19.6 Å². The number of likely N-dealkylation sites (tertiary alicyclic amines) is 2. The standard InChI is InChI=1S/C45H43N7O5/c1-24(2)39(50-44(54)56-3)43(53)51-35-19-29(35)21-37(51)41-46-32-15-12-26(18-34(32)48-41)10-9-25-11-14-31-28(17-25)13-16-33-40(31)49-42(47-33)38-22-30-20-36(30)52(38)45(55)57-23-27-7-5-4-6-8-27/h4-8,11-18,24,29-30,35-39H,19-23H2,1-3H3,(H,46,48)(H,47,49)(H,50,54)/t29-,30-,35-,36-,37+,38+,39-/m1/s1. The Hall–Kier alpha value is -6.35. The number of amides is 3. The summed E-state index contributed by atoms with van der Waals surface area (Å²) in [5, 5.41) is 4.79. The molecule has 6 aromatic rings. The summed E-state index contributed by atoms with van der Waals surface area (Å²) in [4.78, 5) is 60.0. The van der Waals surface area contributed by atoms with Crippen molar-refractivity contribution in [3.05, 3.63) is 107 Å². The van der Waals surface area contributed by atoms with Crippen molar-refractivity contribution in [2.75, 3.05) is 7.11 Å². The number of benzene rings is 4. The van der Waals surface area contributed by atoms with E-state index in [4.69, 9.17) is 19.4 Å². The van der Waals surface area contributed by atoms with Crippen molar-refractivity contribution in [1.82, 2.24) is 35.1 Å². The molecule has 7 atom stereocenters. The number of imidazole rings is 2. The number of hydrogen-bond acceptors (Lipinski definition) is 7. The second kappa shape index (κ2) is 13.7. The average molecular weight is 762 g/mol. The number of nitrogens with zero attached hydrogens (tertiary/aromatic N) is 4. The Balaban J connectivity index is 0.860. The Morgan fingerprint density at radius 2 is 1.49 bits per heavy atom. The van der Waals surface area contributed by atoms with Gasteiger partial charge in [0.05, 0.1) is 41.3 Å². The summed E-state index contributed by atoms with van der Waals surface area (Å²) >= 11 is 0. The van der Waals surface area contributed by atoms with E-state index < -0.39 is 12.1 Å². The normalized spacial score (nSPS) is 23.6. The quantitative estimate of drug-likeness (QED) is 0.143. The Kier molecular flexibility index (Phi) is 8.43. The number of aromatic nitrogens is 4. The molecule has 4 heterocycles. The molecule has 4 aromatic carbocycles. The van der Waals surface area contributed by atoms with Crippen LogP contribution in [-0.4, -0.2) is 73.1 Å². The molecule has 0 radical (unpaired) electrons. The zero-order valence-electron chi connectivity index (χ0n) is 32.0. The fourth-order valence-electron chi connectivity index (χ4n) is 9.10. The third kappa shape index (κ3) is 6.41. The van der Waals surface area contributed by atoms with Crippen molar-refractivity contribution < 1.29 is 23.9 Å². The molecule has 288 valence electrons. The molecular weight excluding hydrogens is 719 g/mol. The molecule has 2 saturated heterocycles. The van der Waals surface area contributed by atoms with Gasteiger partial charge in [0.1, 0.15) is 24.3 Å². The monoisotopic (exact) mass is 761 g/mol. The third-order valence-corrected chi connectivity index (χ3v) is 12.2. The van der Waals surface area contributed by atoms with E-state index >= 15 is 0 Å². The van der Waals surface area contributed by atoms with Gasteiger partial charge in [0, 0.05) is 28.6 Å². The van der Waals surface area contributed by atoms with E-state index in [9.17, 15) is 14.4 Å². The van der Waals surface area contributed by atoms with Crippen LogP contribution >= 0.6 is 0 Å². The van der Waals surface area contributed by atoms with Crippen molar-refractivity contribution in [2.45, 2.75) is 76.3 Å². The number of piperidine rings is 2. The third-order valence-electron chi connectivity index (χ3n) is 12.2. The van der Waals surface area contributed by atoms with Gasteiger partial charge in [-0.05, 0) is 90.8 Å². The molecule has 10 rings (SSSR count). The zero-order chi connectivity index (χ0) is 38.9. The molecular formula is C45H43N7O5. The molecule has 12 nitrogen and oxygen atoms in total. The van der Waals surface area contributed by atoms with Crippen molar-refractivity contribution in [3.63, 3.8) is 0 Å². The van der Waals surface area contributed by atoms with Crippen molar-refractivity contribution in [3.8, 4) is 11.8 Å². The van der Waals surface area contributed by atoms with Crippen LogP contribution in [0.15, 0.2) is 78.9 Å². The van der Waals surface area contributed by atoms with Gasteiger partial charge < -0.3 is 29.7 Å². The SMILES string of the molecule is COC(=O)N[C@@H](C(=O)N1[C@@H]2C[C@@H]2C[C@H]1c1nc2ccc(C#Cc3ccc4c(ccc5[nH]c([C@@H]6C[C@H]7C[C@H]7N6C(=O)OCc6ccccc6)nc54)c3)cc2[nH]1)C(C)C. The highest BCUT2D eigenvalue weighted by molar-refractivity contribution is 6.04. The minimum atomic E-state index is -0.681. The summed E-state index contributed by atoms with van der Waals surface area (Å²) in [6.45, 7) is 4.09. The average Bonchev–Trinajstić information content (AvgIpc) is 3.88. The van der Waals surface area contributed by atoms with Crippen molar-refractivity contribution in [2.24, 2.45) is 17.8 Å². The van der Waals surface area contributed by atoms with E-state index in [2.05, 4.69) is 45.3 Å². The highest BCUT2D eigenvalue weighted by Gasteiger charge is 2.57. The van der Waals surface area contributed by atoms with Crippen LogP contribution in [0.4, 0.5) is 9.59 Å². The van der Waals surface area contributed by atoms with Gasteiger partial charge >= 0.3 is 12.2 Å². The maximum absolute atomic E-state index is 13.8. The number of hydrogen-bond donors (Lipinski definition) is 3. The number of ether oxygens (including phenoxy) is 2. The van der Waals surface area contributed by atoms with E-state index in [0.717, 1.165) is 86.9 Å². The molecule has 0 unspecified atom stereocenters. The fourth-order valence-corrected chi connectivity index (χ4v) is 9.10. The molecule has 0 bridgehead atoms. The number of H-pyrrole nitrogens is 2. The van der Waals surface area contributed by atoms with Gasteiger partial charge in [-0.3, -0.25) is 9.69 Å². The smallest absolute Gasteiger partial charge is 0.410 e. The molecule has 4 aliphatic rings. The second-order valence-corrected chi connectivity index (χ2v) is 16.3. The first-order chi connectivity index (χ1) is 27.7. The van der Waals surface area contributed by atoms with Crippen LogP contribution in [-0.2, 0) is 20.9 Å². The van der Waals surface area contributed by atoms with Crippen LogP contribution in [0.25, 0.3) is 32.8 Å². The largest absolute Gasteiger partial charge is 0.453 e. The predicted octanol–water partition coefficient (Wildman–Crippen LogP) is 7.51.